The van der Waals surface area contributed by atoms with E-state index < -0.39 is 0 Å². The van der Waals surface area contributed by atoms with Crippen LogP contribution < -0.4 is 5.32 Å². The van der Waals surface area contributed by atoms with E-state index in [-0.39, 0.29) is 6.04 Å². The molecule has 0 heterocycles. The van der Waals surface area contributed by atoms with Gasteiger partial charge in [-0.2, -0.15) is 0 Å². The van der Waals surface area contributed by atoms with Crippen LogP contribution in [0.5, 0.6) is 0 Å². The van der Waals surface area contributed by atoms with Gasteiger partial charge in [0, 0.05) is 6.04 Å². The molecule has 1 nitrogen and oxygen atoms in total. The first-order valence-electron chi connectivity index (χ1n) is 4.96. The highest BCUT2D eigenvalue weighted by atomic mass is 14.9. The van der Waals surface area contributed by atoms with E-state index >= 15 is 0 Å². The first-order valence-corrected chi connectivity index (χ1v) is 4.96. The van der Waals surface area contributed by atoms with Crippen LogP contribution in [-0.4, -0.2) is 12.1 Å². The highest BCUT2D eigenvalue weighted by Crippen LogP contribution is 2.23. The van der Waals surface area contributed by atoms with Gasteiger partial charge in [-0.15, -0.1) is 6.42 Å². The first kappa shape index (κ1) is 9.61. The molecule has 0 aromatic heterocycles. The minimum atomic E-state index is 0.232. The van der Waals surface area contributed by atoms with Gasteiger partial charge in [0.1, 0.15) is 0 Å². The van der Waals surface area contributed by atoms with Crippen LogP contribution in [0.3, 0.4) is 0 Å². The van der Waals surface area contributed by atoms with Crippen molar-refractivity contribution < 1.29 is 0 Å². The Morgan fingerprint density at radius 1 is 1.42 bits per heavy atom. The molecule has 0 radical (unpaired) electrons. The lowest BCUT2D eigenvalue weighted by Crippen LogP contribution is -2.41. The van der Waals surface area contributed by atoms with E-state index in [1.165, 1.54) is 25.7 Å². The lowest BCUT2D eigenvalue weighted by atomic mass is 9.85. The van der Waals surface area contributed by atoms with E-state index in [9.17, 15) is 0 Å². The highest BCUT2D eigenvalue weighted by Gasteiger charge is 2.21. The third-order valence-electron chi connectivity index (χ3n) is 2.83. The monoisotopic (exact) mass is 165 g/mol. The van der Waals surface area contributed by atoms with E-state index in [0.29, 0.717) is 6.04 Å². The molecule has 1 aliphatic rings. The third-order valence-corrected chi connectivity index (χ3v) is 2.83. The van der Waals surface area contributed by atoms with E-state index in [1.807, 2.05) is 0 Å². The Morgan fingerprint density at radius 3 is 2.67 bits per heavy atom. The van der Waals surface area contributed by atoms with Crippen LogP contribution in [0.4, 0.5) is 0 Å². The number of terminal acetylenes is 1. The average Bonchev–Trinajstić information content (AvgIpc) is 2.09. The van der Waals surface area contributed by atoms with Crippen LogP contribution in [0.2, 0.25) is 0 Å². The molecule has 0 spiro atoms. The van der Waals surface area contributed by atoms with Gasteiger partial charge >= 0.3 is 0 Å². The van der Waals surface area contributed by atoms with Crippen molar-refractivity contribution in [3.05, 3.63) is 0 Å². The predicted octanol–water partition coefficient (Wildman–Crippen LogP) is 2.18. The molecule has 3 atom stereocenters. The van der Waals surface area contributed by atoms with Gasteiger partial charge in [0.25, 0.3) is 0 Å². The van der Waals surface area contributed by atoms with Crippen molar-refractivity contribution in [2.75, 3.05) is 0 Å². The Balaban J connectivity index is 2.35. The second-order valence-corrected chi connectivity index (χ2v) is 3.92. The molecule has 0 saturated heterocycles. The van der Waals surface area contributed by atoms with E-state index in [1.54, 1.807) is 0 Å². The van der Waals surface area contributed by atoms with Gasteiger partial charge in [-0.05, 0) is 25.7 Å². The number of hydrogen-bond donors (Lipinski definition) is 1. The lowest BCUT2D eigenvalue weighted by molar-refractivity contribution is 0.274. The van der Waals surface area contributed by atoms with Crippen molar-refractivity contribution in [1.82, 2.24) is 5.32 Å². The van der Waals surface area contributed by atoms with Gasteiger partial charge in [0.05, 0.1) is 6.04 Å². The van der Waals surface area contributed by atoms with Gasteiger partial charge in [-0.1, -0.05) is 25.7 Å². The second-order valence-electron chi connectivity index (χ2n) is 3.92. The van der Waals surface area contributed by atoms with Crippen LogP contribution in [0.15, 0.2) is 0 Å². The number of rotatable bonds is 2. The molecule has 1 fully saturated rings. The summed E-state index contributed by atoms with van der Waals surface area (Å²) in [5.41, 5.74) is 0. The SMILES string of the molecule is C#CC(C)NC1CCCCC1C. The van der Waals surface area contributed by atoms with E-state index in [2.05, 4.69) is 25.1 Å². The number of nitrogens with one attached hydrogen (secondary N) is 1. The van der Waals surface area contributed by atoms with E-state index in [4.69, 9.17) is 6.42 Å². The highest BCUT2D eigenvalue weighted by molar-refractivity contribution is 4.98. The lowest BCUT2D eigenvalue weighted by Gasteiger charge is -2.30. The first-order chi connectivity index (χ1) is 5.74. The van der Waals surface area contributed by atoms with Crippen molar-refractivity contribution in [3.8, 4) is 12.3 Å². The topological polar surface area (TPSA) is 12.0 Å². The summed E-state index contributed by atoms with van der Waals surface area (Å²) in [5.74, 6) is 3.52. The molecule has 0 bridgehead atoms. The molecule has 1 saturated carbocycles. The maximum absolute atomic E-state index is 5.32. The second kappa shape index (κ2) is 4.52. The summed E-state index contributed by atoms with van der Waals surface area (Å²) in [5, 5.41) is 3.48. The molecule has 1 heteroatoms. The Morgan fingerprint density at radius 2 is 2.08 bits per heavy atom. The van der Waals surface area contributed by atoms with Crippen LogP contribution in [-0.2, 0) is 0 Å². The van der Waals surface area contributed by atoms with Crippen molar-refractivity contribution in [2.24, 2.45) is 5.92 Å². The molecule has 3 unspecified atom stereocenters. The molecule has 12 heavy (non-hydrogen) atoms. The van der Waals surface area contributed by atoms with Crippen molar-refractivity contribution in [3.63, 3.8) is 0 Å². The average molecular weight is 165 g/mol. The summed E-state index contributed by atoms with van der Waals surface area (Å²) >= 11 is 0. The van der Waals surface area contributed by atoms with Crippen LogP contribution >= 0.6 is 0 Å². The van der Waals surface area contributed by atoms with Gasteiger partial charge in [0.15, 0.2) is 0 Å². The molecule has 1 N–H and O–H groups in total. The van der Waals surface area contributed by atoms with Gasteiger partial charge < -0.3 is 5.32 Å². The Kier molecular flexibility index (Phi) is 3.62. The zero-order chi connectivity index (χ0) is 8.97. The maximum Gasteiger partial charge on any atom is 0.0660 e. The van der Waals surface area contributed by atoms with Crippen LogP contribution in [0, 0.1) is 18.3 Å². The fraction of sp³-hybridized carbons (Fsp3) is 0.818. The van der Waals surface area contributed by atoms with E-state index in [0.717, 1.165) is 5.92 Å². The predicted molar refractivity (Wildman–Crippen MR) is 52.9 cm³/mol. The Hall–Kier alpha value is -0.480. The summed E-state index contributed by atoms with van der Waals surface area (Å²) in [4.78, 5) is 0. The third kappa shape index (κ3) is 2.53. The number of hydrogen-bond acceptors (Lipinski definition) is 1. The fourth-order valence-electron chi connectivity index (χ4n) is 1.93. The fourth-order valence-corrected chi connectivity index (χ4v) is 1.93. The van der Waals surface area contributed by atoms with Crippen LogP contribution in [0.1, 0.15) is 39.5 Å². The van der Waals surface area contributed by atoms with Gasteiger partial charge in [0.2, 0.25) is 0 Å². The molecule has 0 aromatic carbocycles. The Labute approximate surface area is 75.9 Å². The smallest absolute Gasteiger partial charge is 0.0660 e. The normalized spacial score (nSPS) is 32.4. The molecule has 0 amide bonds. The molecule has 1 aliphatic carbocycles. The minimum absolute atomic E-state index is 0.232. The molecule has 1 rings (SSSR count). The standard InChI is InChI=1S/C11H19N/c1-4-10(3)12-11-8-6-5-7-9(11)2/h1,9-12H,5-8H2,2-3H3. The van der Waals surface area contributed by atoms with Crippen molar-refractivity contribution in [1.29, 1.82) is 0 Å². The molecule has 0 aliphatic heterocycles. The van der Waals surface area contributed by atoms with Crippen molar-refractivity contribution >= 4 is 0 Å². The van der Waals surface area contributed by atoms with Gasteiger partial charge in [-0.3, -0.25) is 0 Å². The van der Waals surface area contributed by atoms with Crippen molar-refractivity contribution in [2.45, 2.75) is 51.6 Å². The minimum Gasteiger partial charge on any atom is -0.301 e. The quantitative estimate of drug-likeness (QED) is 0.618. The summed E-state index contributed by atoms with van der Waals surface area (Å²) < 4.78 is 0. The maximum atomic E-state index is 5.32. The molecular formula is C11H19N. The largest absolute Gasteiger partial charge is 0.301 e. The summed E-state index contributed by atoms with van der Waals surface area (Å²) in [6.07, 6.45) is 10.7. The molecular weight excluding hydrogens is 146 g/mol. The zero-order valence-corrected chi connectivity index (χ0v) is 8.14. The zero-order valence-electron chi connectivity index (χ0n) is 8.14. The summed E-state index contributed by atoms with van der Waals surface area (Å²) in [6.45, 7) is 4.38. The molecule has 68 valence electrons. The van der Waals surface area contributed by atoms with Crippen LogP contribution in [0.25, 0.3) is 0 Å². The molecule has 0 aromatic rings. The Bertz CT molecular complexity index is 168. The van der Waals surface area contributed by atoms with Gasteiger partial charge in [-0.25, -0.2) is 0 Å². The summed E-state index contributed by atoms with van der Waals surface area (Å²) in [7, 11) is 0. The summed E-state index contributed by atoms with van der Waals surface area (Å²) in [6, 6.07) is 0.889.